The van der Waals surface area contributed by atoms with Crippen molar-refractivity contribution in [1.29, 1.82) is 0 Å². The average Bonchev–Trinajstić information content (AvgIpc) is 2.85. The number of rotatable bonds is 4. The summed E-state index contributed by atoms with van der Waals surface area (Å²) in [7, 11) is 0. The minimum Gasteiger partial charge on any atom is -0.465 e. The van der Waals surface area contributed by atoms with Crippen LogP contribution in [0.5, 0.6) is 0 Å². The van der Waals surface area contributed by atoms with Crippen LogP contribution in [0.2, 0.25) is 0 Å². The van der Waals surface area contributed by atoms with E-state index in [0.29, 0.717) is 0 Å². The topological polar surface area (TPSA) is 45.5 Å². The summed E-state index contributed by atoms with van der Waals surface area (Å²) >= 11 is 0. The zero-order valence-corrected chi connectivity index (χ0v) is 12.1. The maximum Gasteiger partial charge on any atom is 0.239 e. The summed E-state index contributed by atoms with van der Waals surface area (Å²) in [6.07, 6.45) is 3.50. The second kappa shape index (κ2) is 6.24. The molecular weight excluding hydrogens is 240 g/mol. The van der Waals surface area contributed by atoms with Gasteiger partial charge < -0.3 is 9.32 Å². The fourth-order valence-electron chi connectivity index (χ4n) is 2.60. The first kappa shape index (κ1) is 14.1. The molecule has 2 rings (SSSR count). The van der Waals surface area contributed by atoms with Crippen molar-refractivity contribution in [2.75, 3.05) is 13.1 Å². The Hall–Kier alpha value is -1.29. The van der Waals surface area contributed by atoms with Crippen LogP contribution in [-0.2, 0) is 4.79 Å². The fraction of sp³-hybridized carbons (Fsp3) is 0.667. The largest absolute Gasteiger partial charge is 0.465 e. The molecule has 2 unspecified atom stereocenters. The molecule has 0 radical (unpaired) electrons. The van der Waals surface area contributed by atoms with E-state index in [0.717, 1.165) is 37.5 Å². The molecule has 1 aliphatic heterocycles. The summed E-state index contributed by atoms with van der Waals surface area (Å²) in [6.45, 7) is 7.69. The Labute approximate surface area is 115 Å². The van der Waals surface area contributed by atoms with E-state index in [1.807, 2.05) is 37.8 Å². The van der Waals surface area contributed by atoms with Crippen LogP contribution in [0.4, 0.5) is 0 Å². The highest BCUT2D eigenvalue weighted by atomic mass is 16.3. The average molecular weight is 264 g/mol. The molecule has 1 amide bonds. The molecule has 0 aliphatic carbocycles. The van der Waals surface area contributed by atoms with E-state index in [1.54, 1.807) is 0 Å². The lowest BCUT2D eigenvalue weighted by atomic mass is 10.1. The van der Waals surface area contributed by atoms with Crippen molar-refractivity contribution in [3.63, 3.8) is 0 Å². The fourth-order valence-corrected chi connectivity index (χ4v) is 2.60. The first-order chi connectivity index (χ1) is 9.08. The van der Waals surface area contributed by atoms with E-state index in [9.17, 15) is 4.79 Å². The van der Waals surface area contributed by atoms with Crippen molar-refractivity contribution in [2.24, 2.45) is 0 Å². The molecule has 1 aliphatic rings. The number of nitrogens with one attached hydrogen (secondary N) is 1. The van der Waals surface area contributed by atoms with Gasteiger partial charge in [-0.25, -0.2) is 0 Å². The molecule has 106 valence electrons. The molecular formula is C15H24N2O2. The van der Waals surface area contributed by atoms with Crippen LogP contribution < -0.4 is 5.32 Å². The zero-order valence-electron chi connectivity index (χ0n) is 12.1. The standard InChI is InChI=1S/C15H24N2O2/c1-11-7-8-14(19-11)12(2)16-13(3)15(18)17-9-5-4-6-10-17/h7-8,12-13,16H,4-6,9-10H2,1-3H3. The summed E-state index contributed by atoms with van der Waals surface area (Å²) in [4.78, 5) is 14.3. The van der Waals surface area contributed by atoms with Gasteiger partial charge in [0.1, 0.15) is 11.5 Å². The smallest absolute Gasteiger partial charge is 0.239 e. The Balaban J connectivity index is 1.89. The number of nitrogens with zero attached hydrogens (tertiary/aromatic N) is 1. The van der Waals surface area contributed by atoms with E-state index in [1.165, 1.54) is 6.42 Å². The Bertz CT molecular complexity index is 422. The van der Waals surface area contributed by atoms with Crippen LogP contribution in [0.1, 0.15) is 50.7 Å². The highest BCUT2D eigenvalue weighted by molar-refractivity contribution is 5.81. The predicted octanol–water partition coefficient (Wildman–Crippen LogP) is 2.64. The van der Waals surface area contributed by atoms with Crippen LogP contribution in [0.25, 0.3) is 0 Å². The number of carbonyl (C=O) groups is 1. The van der Waals surface area contributed by atoms with Gasteiger partial charge in [-0.15, -0.1) is 0 Å². The molecule has 0 bridgehead atoms. The minimum absolute atomic E-state index is 0.0532. The van der Waals surface area contributed by atoms with E-state index in [2.05, 4.69) is 5.32 Å². The number of furan rings is 1. The lowest BCUT2D eigenvalue weighted by Gasteiger charge is -2.30. The third-order valence-electron chi connectivity index (χ3n) is 3.73. The highest BCUT2D eigenvalue weighted by Crippen LogP contribution is 2.17. The van der Waals surface area contributed by atoms with Gasteiger partial charge in [-0.05, 0) is 52.2 Å². The van der Waals surface area contributed by atoms with Crippen molar-refractivity contribution in [2.45, 2.75) is 52.1 Å². The van der Waals surface area contributed by atoms with Gasteiger partial charge in [-0.2, -0.15) is 0 Å². The van der Waals surface area contributed by atoms with Crippen molar-refractivity contribution in [3.8, 4) is 0 Å². The lowest BCUT2D eigenvalue weighted by Crippen LogP contribution is -2.47. The molecule has 0 saturated carbocycles. The monoisotopic (exact) mass is 264 g/mol. The van der Waals surface area contributed by atoms with E-state index >= 15 is 0 Å². The van der Waals surface area contributed by atoms with Crippen molar-refractivity contribution < 1.29 is 9.21 Å². The normalized spacial score (nSPS) is 19.2. The Morgan fingerprint density at radius 1 is 1.26 bits per heavy atom. The molecule has 2 heterocycles. The van der Waals surface area contributed by atoms with Crippen molar-refractivity contribution >= 4 is 5.91 Å². The molecule has 2 atom stereocenters. The Kier molecular flexibility index (Phi) is 4.64. The molecule has 0 spiro atoms. The number of aryl methyl sites for hydroxylation is 1. The molecule has 1 N–H and O–H groups in total. The van der Waals surface area contributed by atoms with E-state index in [-0.39, 0.29) is 18.0 Å². The summed E-state index contributed by atoms with van der Waals surface area (Å²) in [5.41, 5.74) is 0. The first-order valence-corrected chi connectivity index (χ1v) is 7.19. The quantitative estimate of drug-likeness (QED) is 0.909. The molecule has 1 aromatic rings. The SMILES string of the molecule is Cc1ccc(C(C)NC(C)C(=O)N2CCCCC2)o1. The zero-order chi connectivity index (χ0) is 13.8. The van der Waals surface area contributed by atoms with Gasteiger partial charge in [0, 0.05) is 13.1 Å². The van der Waals surface area contributed by atoms with Gasteiger partial charge in [0.05, 0.1) is 12.1 Å². The van der Waals surface area contributed by atoms with Gasteiger partial charge in [-0.1, -0.05) is 0 Å². The number of likely N-dealkylation sites (tertiary alicyclic amines) is 1. The lowest BCUT2D eigenvalue weighted by molar-refractivity contribution is -0.134. The Morgan fingerprint density at radius 2 is 1.95 bits per heavy atom. The highest BCUT2D eigenvalue weighted by Gasteiger charge is 2.24. The van der Waals surface area contributed by atoms with Crippen molar-refractivity contribution in [1.82, 2.24) is 10.2 Å². The van der Waals surface area contributed by atoms with E-state index < -0.39 is 0 Å². The van der Waals surface area contributed by atoms with Crippen LogP contribution in [0.15, 0.2) is 16.5 Å². The molecule has 1 aromatic heterocycles. The van der Waals surface area contributed by atoms with Gasteiger partial charge in [-0.3, -0.25) is 10.1 Å². The van der Waals surface area contributed by atoms with E-state index in [4.69, 9.17) is 4.42 Å². The van der Waals surface area contributed by atoms with Crippen LogP contribution >= 0.6 is 0 Å². The maximum atomic E-state index is 12.3. The maximum absolute atomic E-state index is 12.3. The second-order valence-corrected chi connectivity index (χ2v) is 5.44. The second-order valence-electron chi connectivity index (χ2n) is 5.44. The number of hydrogen-bond acceptors (Lipinski definition) is 3. The molecule has 4 heteroatoms. The van der Waals surface area contributed by atoms with Crippen LogP contribution in [-0.4, -0.2) is 29.9 Å². The van der Waals surface area contributed by atoms with Gasteiger partial charge in [0.25, 0.3) is 0 Å². The molecule has 0 aromatic carbocycles. The Morgan fingerprint density at radius 3 is 2.53 bits per heavy atom. The summed E-state index contributed by atoms with van der Waals surface area (Å²) < 4.78 is 5.58. The van der Waals surface area contributed by atoms with Crippen molar-refractivity contribution in [3.05, 3.63) is 23.7 Å². The van der Waals surface area contributed by atoms with Gasteiger partial charge in [0.2, 0.25) is 5.91 Å². The summed E-state index contributed by atoms with van der Waals surface area (Å²) in [5.74, 6) is 1.99. The molecule has 1 saturated heterocycles. The third-order valence-corrected chi connectivity index (χ3v) is 3.73. The number of piperidine rings is 1. The summed E-state index contributed by atoms with van der Waals surface area (Å²) in [5, 5.41) is 3.32. The van der Waals surface area contributed by atoms with Gasteiger partial charge >= 0.3 is 0 Å². The predicted molar refractivity (Wildman–Crippen MR) is 74.9 cm³/mol. The van der Waals surface area contributed by atoms with Crippen LogP contribution in [0.3, 0.4) is 0 Å². The molecule has 19 heavy (non-hydrogen) atoms. The first-order valence-electron chi connectivity index (χ1n) is 7.19. The molecule has 4 nitrogen and oxygen atoms in total. The van der Waals surface area contributed by atoms with Gasteiger partial charge in [0.15, 0.2) is 0 Å². The number of amides is 1. The van der Waals surface area contributed by atoms with Crippen LogP contribution in [0, 0.1) is 6.92 Å². The summed E-state index contributed by atoms with van der Waals surface area (Å²) in [6, 6.07) is 3.80. The number of hydrogen-bond donors (Lipinski definition) is 1. The minimum atomic E-state index is -0.168. The third kappa shape index (κ3) is 3.60. The number of carbonyl (C=O) groups excluding carboxylic acids is 1. The molecule has 1 fully saturated rings.